The lowest BCUT2D eigenvalue weighted by Gasteiger charge is -2.24. The van der Waals surface area contributed by atoms with Crippen LogP contribution in [-0.4, -0.2) is 33.9 Å². The van der Waals surface area contributed by atoms with E-state index in [9.17, 15) is 9.59 Å². The molecule has 5 nitrogen and oxygen atoms in total. The third-order valence-corrected chi connectivity index (χ3v) is 4.82. The molecule has 2 aromatic rings. The number of aromatic carboxylic acids is 1. The number of carboxylic acids is 1. The summed E-state index contributed by atoms with van der Waals surface area (Å²) >= 11 is 1.57. The van der Waals surface area contributed by atoms with Crippen LogP contribution in [0.2, 0.25) is 0 Å². The third-order valence-electron chi connectivity index (χ3n) is 3.58. The van der Waals surface area contributed by atoms with Gasteiger partial charge in [0, 0.05) is 17.5 Å². The monoisotopic (exact) mass is 318 g/mol. The van der Waals surface area contributed by atoms with Crippen molar-refractivity contribution in [3.63, 3.8) is 0 Å². The number of benzene rings is 1. The fourth-order valence-electron chi connectivity index (χ4n) is 2.28. The summed E-state index contributed by atoms with van der Waals surface area (Å²) in [6, 6.07) is 5.96. The SMILES string of the molecule is Cc1nc(C)c(C(C)N(C)C(=O)c2cccc(C(=O)O)c2)s1. The largest absolute Gasteiger partial charge is 0.478 e. The molecule has 1 aromatic heterocycles. The predicted octanol–water partition coefficient (Wildman–Crippen LogP) is 3.29. The number of aromatic nitrogens is 1. The molecule has 0 saturated carbocycles. The minimum Gasteiger partial charge on any atom is -0.478 e. The molecule has 1 unspecified atom stereocenters. The lowest BCUT2D eigenvalue weighted by atomic mass is 10.1. The molecule has 0 aliphatic rings. The maximum absolute atomic E-state index is 12.6. The Morgan fingerprint density at radius 3 is 2.45 bits per heavy atom. The zero-order valence-electron chi connectivity index (χ0n) is 13.0. The molecule has 1 aromatic carbocycles. The number of aryl methyl sites for hydroxylation is 2. The van der Waals surface area contributed by atoms with Crippen molar-refractivity contribution in [1.29, 1.82) is 0 Å². The number of hydrogen-bond donors (Lipinski definition) is 1. The van der Waals surface area contributed by atoms with E-state index in [0.29, 0.717) is 5.56 Å². The Bertz CT molecular complexity index is 724. The van der Waals surface area contributed by atoms with Gasteiger partial charge in [0.2, 0.25) is 0 Å². The highest BCUT2D eigenvalue weighted by atomic mass is 32.1. The lowest BCUT2D eigenvalue weighted by molar-refractivity contribution is 0.0697. The van der Waals surface area contributed by atoms with Gasteiger partial charge in [-0.2, -0.15) is 0 Å². The van der Waals surface area contributed by atoms with E-state index in [2.05, 4.69) is 4.98 Å². The van der Waals surface area contributed by atoms with Crippen LogP contribution in [-0.2, 0) is 0 Å². The van der Waals surface area contributed by atoms with E-state index >= 15 is 0 Å². The molecule has 2 rings (SSSR count). The number of thiazole rings is 1. The van der Waals surface area contributed by atoms with E-state index in [1.165, 1.54) is 12.1 Å². The quantitative estimate of drug-likeness (QED) is 0.939. The number of carboxylic acid groups (broad SMARTS) is 1. The van der Waals surface area contributed by atoms with Crippen molar-refractivity contribution < 1.29 is 14.7 Å². The van der Waals surface area contributed by atoms with Crippen molar-refractivity contribution >= 4 is 23.2 Å². The molecule has 116 valence electrons. The number of carbonyl (C=O) groups is 2. The second-order valence-corrected chi connectivity index (χ2v) is 6.40. The van der Waals surface area contributed by atoms with E-state index in [4.69, 9.17) is 5.11 Å². The second kappa shape index (κ2) is 6.27. The number of amides is 1. The van der Waals surface area contributed by atoms with Crippen molar-refractivity contribution in [3.05, 3.63) is 51.0 Å². The van der Waals surface area contributed by atoms with Crippen LogP contribution < -0.4 is 0 Å². The van der Waals surface area contributed by atoms with Gasteiger partial charge in [-0.1, -0.05) is 6.07 Å². The molecule has 0 aliphatic carbocycles. The van der Waals surface area contributed by atoms with Crippen LogP contribution >= 0.6 is 11.3 Å². The predicted molar refractivity (Wildman–Crippen MR) is 85.5 cm³/mol. The van der Waals surface area contributed by atoms with Crippen molar-refractivity contribution in [2.75, 3.05) is 7.05 Å². The standard InChI is InChI=1S/C16H18N2O3S/c1-9-14(22-11(3)17-9)10(2)18(4)15(19)12-6-5-7-13(8-12)16(20)21/h5-8,10H,1-4H3,(H,20,21). The molecule has 0 saturated heterocycles. The summed E-state index contributed by atoms with van der Waals surface area (Å²) in [5.74, 6) is -1.25. The number of rotatable bonds is 4. The van der Waals surface area contributed by atoms with Gasteiger partial charge in [0.1, 0.15) is 0 Å². The molecule has 6 heteroatoms. The van der Waals surface area contributed by atoms with Gasteiger partial charge in [-0.25, -0.2) is 9.78 Å². The van der Waals surface area contributed by atoms with E-state index < -0.39 is 5.97 Å². The zero-order valence-corrected chi connectivity index (χ0v) is 13.8. The van der Waals surface area contributed by atoms with Gasteiger partial charge < -0.3 is 10.0 Å². The van der Waals surface area contributed by atoms with Crippen LogP contribution in [0.15, 0.2) is 24.3 Å². The van der Waals surface area contributed by atoms with E-state index in [1.807, 2.05) is 20.8 Å². The number of hydrogen-bond acceptors (Lipinski definition) is 4. The van der Waals surface area contributed by atoms with Gasteiger partial charge in [-0.05, 0) is 39.0 Å². The average Bonchev–Trinajstić information content (AvgIpc) is 2.83. The van der Waals surface area contributed by atoms with Gasteiger partial charge in [-0.15, -0.1) is 11.3 Å². The topological polar surface area (TPSA) is 70.5 Å². The minimum absolute atomic E-state index is 0.108. The van der Waals surface area contributed by atoms with Gasteiger partial charge in [0.05, 0.1) is 22.3 Å². The first kappa shape index (κ1) is 16.2. The minimum atomic E-state index is -1.04. The fourth-order valence-corrected chi connectivity index (χ4v) is 3.30. The van der Waals surface area contributed by atoms with Crippen molar-refractivity contribution in [2.45, 2.75) is 26.8 Å². The van der Waals surface area contributed by atoms with Gasteiger partial charge in [0.15, 0.2) is 0 Å². The first-order valence-electron chi connectivity index (χ1n) is 6.85. The van der Waals surface area contributed by atoms with Crippen LogP contribution in [0.1, 0.15) is 49.3 Å². The summed E-state index contributed by atoms with van der Waals surface area (Å²) in [6.45, 7) is 5.81. The highest BCUT2D eigenvalue weighted by molar-refractivity contribution is 7.11. The van der Waals surface area contributed by atoms with Crippen LogP contribution in [0.25, 0.3) is 0 Å². The van der Waals surface area contributed by atoms with E-state index in [-0.39, 0.29) is 17.5 Å². The summed E-state index contributed by atoms with van der Waals surface area (Å²) in [5.41, 5.74) is 1.40. The molecule has 1 N–H and O–H groups in total. The molecule has 1 amide bonds. The summed E-state index contributed by atoms with van der Waals surface area (Å²) in [5, 5.41) is 9.99. The first-order valence-corrected chi connectivity index (χ1v) is 7.67. The molecule has 1 atom stereocenters. The number of nitrogens with zero attached hydrogens (tertiary/aromatic N) is 2. The van der Waals surface area contributed by atoms with Crippen LogP contribution in [0.3, 0.4) is 0 Å². The Labute approximate surface area is 133 Å². The highest BCUT2D eigenvalue weighted by Gasteiger charge is 2.23. The molecule has 1 heterocycles. The Kier molecular flexibility index (Phi) is 4.61. The Morgan fingerprint density at radius 1 is 1.27 bits per heavy atom. The van der Waals surface area contributed by atoms with E-state index in [1.54, 1.807) is 35.4 Å². The second-order valence-electron chi connectivity index (χ2n) is 5.16. The lowest BCUT2D eigenvalue weighted by Crippen LogP contribution is -2.29. The highest BCUT2D eigenvalue weighted by Crippen LogP contribution is 2.29. The molecule has 0 radical (unpaired) electrons. The van der Waals surface area contributed by atoms with Gasteiger partial charge >= 0.3 is 5.97 Å². The summed E-state index contributed by atoms with van der Waals surface area (Å²) in [4.78, 5) is 30.6. The Hall–Kier alpha value is -2.21. The summed E-state index contributed by atoms with van der Waals surface area (Å²) in [7, 11) is 1.72. The van der Waals surface area contributed by atoms with Crippen molar-refractivity contribution in [2.24, 2.45) is 0 Å². The molecule has 0 bridgehead atoms. The van der Waals surface area contributed by atoms with Crippen molar-refractivity contribution in [3.8, 4) is 0 Å². The van der Waals surface area contributed by atoms with Crippen LogP contribution in [0.5, 0.6) is 0 Å². The average molecular weight is 318 g/mol. The normalized spacial score (nSPS) is 12.0. The first-order chi connectivity index (χ1) is 10.3. The summed E-state index contributed by atoms with van der Waals surface area (Å²) < 4.78 is 0. The van der Waals surface area contributed by atoms with Gasteiger partial charge in [0.25, 0.3) is 5.91 Å². The molecular weight excluding hydrogens is 300 g/mol. The van der Waals surface area contributed by atoms with E-state index in [0.717, 1.165) is 15.6 Å². The summed E-state index contributed by atoms with van der Waals surface area (Å²) in [6.07, 6.45) is 0. The molecule has 22 heavy (non-hydrogen) atoms. The fraction of sp³-hybridized carbons (Fsp3) is 0.312. The molecular formula is C16H18N2O3S. The van der Waals surface area contributed by atoms with Crippen molar-refractivity contribution in [1.82, 2.24) is 9.88 Å². The van der Waals surface area contributed by atoms with Crippen LogP contribution in [0, 0.1) is 13.8 Å². The van der Waals surface area contributed by atoms with Crippen LogP contribution in [0.4, 0.5) is 0 Å². The third kappa shape index (κ3) is 3.17. The Morgan fingerprint density at radius 2 is 1.91 bits per heavy atom. The molecule has 0 aliphatic heterocycles. The number of carbonyl (C=O) groups excluding carboxylic acids is 1. The van der Waals surface area contributed by atoms with Gasteiger partial charge in [-0.3, -0.25) is 4.79 Å². The maximum atomic E-state index is 12.6. The molecule has 0 spiro atoms. The molecule has 0 fully saturated rings. The smallest absolute Gasteiger partial charge is 0.335 e. The Balaban J connectivity index is 2.27. The maximum Gasteiger partial charge on any atom is 0.335 e. The zero-order chi connectivity index (χ0) is 16.4.